The van der Waals surface area contributed by atoms with Crippen LogP contribution in [0.15, 0.2) is 30.6 Å². The Labute approximate surface area is 157 Å². The van der Waals surface area contributed by atoms with Crippen LogP contribution in [0.3, 0.4) is 0 Å². The molecule has 0 spiro atoms. The van der Waals surface area contributed by atoms with Gasteiger partial charge in [-0.25, -0.2) is 4.98 Å². The van der Waals surface area contributed by atoms with Crippen molar-refractivity contribution in [2.45, 2.75) is 58.0 Å². The third-order valence-corrected chi connectivity index (χ3v) is 5.39. The maximum atomic E-state index is 4.54. The molecule has 0 amide bonds. The van der Waals surface area contributed by atoms with Gasteiger partial charge in [0, 0.05) is 62.3 Å². The maximum absolute atomic E-state index is 4.54. The van der Waals surface area contributed by atoms with Gasteiger partial charge in [0.1, 0.15) is 5.82 Å². The Bertz CT molecular complexity index is 639. The summed E-state index contributed by atoms with van der Waals surface area (Å²) in [4.78, 5) is 17.6. The zero-order valence-electron chi connectivity index (χ0n) is 16.3. The summed E-state index contributed by atoms with van der Waals surface area (Å²) in [7, 11) is 2.26. The summed E-state index contributed by atoms with van der Waals surface area (Å²) < 4.78 is 0. The zero-order valence-corrected chi connectivity index (χ0v) is 16.3. The number of pyridine rings is 1. The highest BCUT2D eigenvalue weighted by atomic mass is 15.2. The monoisotopic (exact) mass is 355 g/mol. The van der Waals surface area contributed by atoms with Crippen LogP contribution in [0.1, 0.15) is 49.8 Å². The molecule has 3 rings (SSSR count). The van der Waals surface area contributed by atoms with E-state index in [2.05, 4.69) is 50.9 Å². The molecule has 0 bridgehead atoms. The van der Waals surface area contributed by atoms with Crippen LogP contribution in [-0.4, -0.2) is 57.5 Å². The van der Waals surface area contributed by atoms with E-state index in [1.165, 1.54) is 43.6 Å². The number of likely N-dealkylation sites (N-methyl/N-ethyl adjacent to an activating group) is 1. The molecule has 3 heterocycles. The van der Waals surface area contributed by atoms with Crippen molar-refractivity contribution < 1.29 is 0 Å². The Balaban J connectivity index is 1.46. The summed E-state index contributed by atoms with van der Waals surface area (Å²) in [6, 6.07) is 6.81. The Kier molecular flexibility index (Phi) is 7.21. The van der Waals surface area contributed by atoms with E-state index in [4.69, 9.17) is 0 Å². The molecule has 1 N–H and O–H groups in total. The molecular weight excluding hydrogens is 322 g/mol. The second kappa shape index (κ2) is 9.83. The number of imidazole rings is 1. The van der Waals surface area contributed by atoms with E-state index in [0.29, 0.717) is 6.04 Å². The number of hydrogen-bond donors (Lipinski definition) is 1. The van der Waals surface area contributed by atoms with Gasteiger partial charge in [0.25, 0.3) is 0 Å². The van der Waals surface area contributed by atoms with Crippen LogP contribution in [0.5, 0.6) is 0 Å². The minimum absolute atomic E-state index is 0.634. The van der Waals surface area contributed by atoms with Crippen LogP contribution in [0, 0.1) is 0 Å². The largest absolute Gasteiger partial charge is 0.345 e. The molecule has 0 aliphatic carbocycles. The molecule has 5 nitrogen and oxygen atoms in total. The maximum Gasteiger partial charge on any atom is 0.106 e. The lowest BCUT2D eigenvalue weighted by molar-refractivity contribution is 0.111. The van der Waals surface area contributed by atoms with Gasteiger partial charge in [0.15, 0.2) is 0 Å². The average Bonchev–Trinajstić information content (AvgIpc) is 3.12. The van der Waals surface area contributed by atoms with Crippen molar-refractivity contribution in [1.29, 1.82) is 0 Å². The van der Waals surface area contributed by atoms with Crippen molar-refractivity contribution >= 4 is 0 Å². The van der Waals surface area contributed by atoms with E-state index in [1.54, 1.807) is 0 Å². The number of aromatic nitrogens is 3. The van der Waals surface area contributed by atoms with Crippen molar-refractivity contribution in [2.24, 2.45) is 0 Å². The van der Waals surface area contributed by atoms with Crippen molar-refractivity contribution in [2.75, 3.05) is 26.7 Å². The lowest BCUT2D eigenvalue weighted by Gasteiger charge is -2.37. The SMILES string of the molecule is CCCCc1ncc(CN2CCC[C@H](N(C)CCc3ccccn3)C2)[nH]1. The fourth-order valence-electron chi connectivity index (χ4n) is 3.75. The first kappa shape index (κ1) is 19.1. The number of nitrogens with one attached hydrogen (secondary N) is 1. The normalized spacial score (nSPS) is 18.5. The smallest absolute Gasteiger partial charge is 0.106 e. The average molecular weight is 356 g/mol. The molecule has 0 radical (unpaired) electrons. The summed E-state index contributed by atoms with van der Waals surface area (Å²) in [6.45, 7) is 6.61. The number of nitrogens with zero attached hydrogens (tertiary/aromatic N) is 4. The fraction of sp³-hybridized carbons (Fsp3) is 0.619. The van der Waals surface area contributed by atoms with Crippen molar-refractivity contribution in [3.05, 3.63) is 47.8 Å². The van der Waals surface area contributed by atoms with Crippen molar-refractivity contribution in [3.63, 3.8) is 0 Å². The number of aromatic amines is 1. The van der Waals surface area contributed by atoms with E-state index < -0.39 is 0 Å². The van der Waals surface area contributed by atoms with Crippen LogP contribution in [0.2, 0.25) is 0 Å². The van der Waals surface area contributed by atoms with Crippen molar-refractivity contribution in [3.8, 4) is 0 Å². The highest BCUT2D eigenvalue weighted by Gasteiger charge is 2.23. The lowest BCUT2D eigenvalue weighted by Crippen LogP contribution is -2.46. The van der Waals surface area contributed by atoms with E-state index in [-0.39, 0.29) is 0 Å². The summed E-state index contributed by atoms with van der Waals surface area (Å²) in [6.07, 6.45) is 11.0. The molecule has 1 aliphatic rings. The fourth-order valence-corrected chi connectivity index (χ4v) is 3.75. The molecule has 5 heteroatoms. The summed E-state index contributed by atoms with van der Waals surface area (Å²) in [5.74, 6) is 1.14. The Hall–Kier alpha value is -1.72. The first-order chi connectivity index (χ1) is 12.7. The highest BCUT2D eigenvalue weighted by Crippen LogP contribution is 2.17. The molecule has 1 saturated heterocycles. The van der Waals surface area contributed by atoms with Crippen LogP contribution < -0.4 is 0 Å². The molecule has 26 heavy (non-hydrogen) atoms. The van der Waals surface area contributed by atoms with E-state index in [9.17, 15) is 0 Å². The third kappa shape index (κ3) is 5.64. The Morgan fingerprint density at radius 2 is 2.19 bits per heavy atom. The second-order valence-electron chi connectivity index (χ2n) is 7.54. The number of aryl methyl sites for hydroxylation is 1. The van der Waals surface area contributed by atoms with E-state index in [1.807, 2.05) is 18.5 Å². The molecule has 0 aromatic carbocycles. The predicted octanol–water partition coefficient (Wildman–Crippen LogP) is 3.29. The first-order valence-corrected chi connectivity index (χ1v) is 10.1. The van der Waals surface area contributed by atoms with E-state index in [0.717, 1.165) is 38.3 Å². The Morgan fingerprint density at radius 1 is 1.27 bits per heavy atom. The van der Waals surface area contributed by atoms with Gasteiger partial charge < -0.3 is 9.88 Å². The number of rotatable bonds is 9. The summed E-state index contributed by atoms with van der Waals surface area (Å²) >= 11 is 0. The van der Waals surface area contributed by atoms with Gasteiger partial charge in [-0.2, -0.15) is 0 Å². The molecule has 142 valence electrons. The van der Waals surface area contributed by atoms with Gasteiger partial charge in [0.2, 0.25) is 0 Å². The molecule has 0 unspecified atom stereocenters. The van der Waals surface area contributed by atoms with E-state index >= 15 is 0 Å². The molecule has 1 fully saturated rings. The van der Waals surface area contributed by atoms with Crippen LogP contribution in [-0.2, 0) is 19.4 Å². The molecule has 2 aromatic rings. The molecule has 1 atom stereocenters. The highest BCUT2D eigenvalue weighted by molar-refractivity contribution is 5.04. The minimum atomic E-state index is 0.634. The molecule has 2 aromatic heterocycles. The third-order valence-electron chi connectivity index (χ3n) is 5.39. The van der Waals surface area contributed by atoms with Crippen LogP contribution in [0.4, 0.5) is 0 Å². The second-order valence-corrected chi connectivity index (χ2v) is 7.54. The first-order valence-electron chi connectivity index (χ1n) is 10.1. The standard InChI is InChI=1S/C21H33N5/c1-3-4-10-21-23-15-19(24-21)16-26-13-7-9-20(17-26)25(2)14-11-18-8-5-6-12-22-18/h5-6,8,12,15,20H,3-4,7,9-11,13-14,16-17H2,1-2H3,(H,23,24)/t20-/m0/s1. The minimum Gasteiger partial charge on any atom is -0.345 e. The van der Waals surface area contributed by atoms with Crippen LogP contribution >= 0.6 is 0 Å². The number of likely N-dealkylation sites (tertiary alicyclic amines) is 1. The number of H-pyrrole nitrogens is 1. The summed E-state index contributed by atoms with van der Waals surface area (Å²) in [5.41, 5.74) is 2.44. The van der Waals surface area contributed by atoms with Crippen LogP contribution in [0.25, 0.3) is 0 Å². The Morgan fingerprint density at radius 3 is 3.00 bits per heavy atom. The van der Waals surface area contributed by atoms with Crippen molar-refractivity contribution in [1.82, 2.24) is 24.8 Å². The van der Waals surface area contributed by atoms with Gasteiger partial charge in [-0.15, -0.1) is 0 Å². The van der Waals surface area contributed by atoms with Gasteiger partial charge >= 0.3 is 0 Å². The number of hydrogen-bond acceptors (Lipinski definition) is 4. The van der Waals surface area contributed by atoms with Gasteiger partial charge in [-0.05, 0) is 45.0 Å². The van der Waals surface area contributed by atoms with Gasteiger partial charge in [-0.1, -0.05) is 19.4 Å². The zero-order chi connectivity index (χ0) is 18.2. The number of unbranched alkanes of at least 4 members (excludes halogenated alkanes) is 1. The summed E-state index contributed by atoms with van der Waals surface area (Å²) in [5, 5.41) is 0. The molecule has 0 saturated carbocycles. The number of piperidine rings is 1. The molecule has 1 aliphatic heterocycles. The van der Waals surface area contributed by atoms with Gasteiger partial charge in [0.05, 0.1) is 0 Å². The predicted molar refractivity (Wildman–Crippen MR) is 106 cm³/mol. The topological polar surface area (TPSA) is 48.1 Å². The van der Waals surface area contributed by atoms with Gasteiger partial charge in [-0.3, -0.25) is 9.88 Å². The lowest BCUT2D eigenvalue weighted by atomic mass is 10.0. The molecular formula is C21H33N5. The quantitative estimate of drug-likeness (QED) is 0.750.